The van der Waals surface area contributed by atoms with Gasteiger partial charge in [0.05, 0.1) is 12.4 Å². The second kappa shape index (κ2) is 5.36. The molecule has 1 aromatic rings. The van der Waals surface area contributed by atoms with E-state index < -0.39 is 0 Å². The first-order valence-electron chi connectivity index (χ1n) is 4.92. The van der Waals surface area contributed by atoms with Gasteiger partial charge in [0.1, 0.15) is 0 Å². The largest absolute Gasteiger partial charge is 0.359 e. The van der Waals surface area contributed by atoms with Gasteiger partial charge in [-0.1, -0.05) is 12.7 Å². The fourth-order valence-electron chi connectivity index (χ4n) is 1.32. The maximum atomic E-state index is 3.95. The molecule has 0 saturated carbocycles. The quantitative estimate of drug-likeness (QED) is 0.566. The molecule has 1 aromatic heterocycles. The lowest BCUT2D eigenvalue weighted by molar-refractivity contribution is 0.331. The molecule has 0 spiro atoms. The van der Waals surface area contributed by atoms with E-state index in [1.807, 2.05) is 26.4 Å². The first kappa shape index (κ1) is 11.5. The Morgan fingerprint density at radius 3 is 2.93 bits per heavy atom. The van der Waals surface area contributed by atoms with E-state index in [0.29, 0.717) is 0 Å². The number of aromatic nitrogens is 2. The van der Waals surface area contributed by atoms with Gasteiger partial charge in [-0.3, -0.25) is 5.10 Å². The summed E-state index contributed by atoms with van der Waals surface area (Å²) in [6.07, 6.45) is 7.67. The number of hydrogen-bond donors (Lipinski definition) is 2. The van der Waals surface area contributed by atoms with E-state index in [-0.39, 0.29) is 6.17 Å². The van der Waals surface area contributed by atoms with E-state index in [4.69, 9.17) is 0 Å². The second-order valence-electron chi connectivity index (χ2n) is 3.35. The highest BCUT2D eigenvalue weighted by Crippen LogP contribution is 2.17. The third-order valence-electron chi connectivity index (χ3n) is 2.45. The number of allylic oxidation sites excluding steroid dienone is 2. The van der Waals surface area contributed by atoms with E-state index in [0.717, 1.165) is 11.3 Å². The van der Waals surface area contributed by atoms with Gasteiger partial charge in [0.15, 0.2) is 0 Å². The molecule has 0 aliphatic rings. The van der Waals surface area contributed by atoms with E-state index in [9.17, 15) is 0 Å². The molecule has 1 atom stereocenters. The third-order valence-corrected chi connectivity index (χ3v) is 2.45. The Labute approximate surface area is 90.7 Å². The van der Waals surface area contributed by atoms with E-state index >= 15 is 0 Å². The molecule has 4 heteroatoms. The number of hydrogen-bond acceptors (Lipinski definition) is 3. The molecule has 4 nitrogen and oxygen atoms in total. The molecule has 1 unspecified atom stereocenters. The molecule has 0 bridgehead atoms. The highest BCUT2D eigenvalue weighted by molar-refractivity contribution is 5.64. The Balaban J connectivity index is 2.94. The van der Waals surface area contributed by atoms with Crippen LogP contribution in [0.1, 0.15) is 12.5 Å². The highest BCUT2D eigenvalue weighted by Gasteiger charge is 2.12. The minimum atomic E-state index is 0.256. The van der Waals surface area contributed by atoms with Crippen molar-refractivity contribution in [3.63, 3.8) is 0 Å². The Morgan fingerprint density at radius 1 is 1.73 bits per heavy atom. The van der Waals surface area contributed by atoms with Crippen molar-refractivity contribution in [1.82, 2.24) is 20.4 Å². The SMILES string of the molecule is C=C/C=C(/c1cn[nH]c1)N(C)C(C)NC. The molecule has 0 aliphatic heterocycles. The first-order chi connectivity index (χ1) is 7.20. The monoisotopic (exact) mass is 206 g/mol. The summed E-state index contributed by atoms with van der Waals surface area (Å²) in [6.45, 7) is 5.82. The van der Waals surface area contributed by atoms with Gasteiger partial charge in [-0.2, -0.15) is 5.10 Å². The molecule has 0 aromatic carbocycles. The molecule has 0 radical (unpaired) electrons. The summed E-state index contributed by atoms with van der Waals surface area (Å²) in [4.78, 5) is 2.13. The van der Waals surface area contributed by atoms with Gasteiger partial charge in [-0.15, -0.1) is 0 Å². The number of aromatic amines is 1. The van der Waals surface area contributed by atoms with Gasteiger partial charge in [0.25, 0.3) is 0 Å². The summed E-state index contributed by atoms with van der Waals surface area (Å²) in [5.41, 5.74) is 2.14. The van der Waals surface area contributed by atoms with Gasteiger partial charge in [-0.25, -0.2) is 0 Å². The minimum absolute atomic E-state index is 0.256. The standard InChI is InChI=1S/C11H18N4/c1-5-6-11(10-7-13-14-8-10)15(4)9(2)12-3/h5-9,12H,1H2,2-4H3,(H,13,14)/b11-6-. The van der Waals surface area contributed by atoms with Gasteiger partial charge >= 0.3 is 0 Å². The Morgan fingerprint density at radius 2 is 2.47 bits per heavy atom. The molecule has 2 N–H and O–H groups in total. The van der Waals surface area contributed by atoms with Crippen molar-refractivity contribution in [2.45, 2.75) is 13.1 Å². The van der Waals surface area contributed by atoms with E-state index in [2.05, 4.69) is 33.9 Å². The van der Waals surface area contributed by atoms with E-state index in [1.165, 1.54) is 0 Å². The van der Waals surface area contributed by atoms with Crippen LogP contribution in [0.3, 0.4) is 0 Å². The summed E-state index contributed by atoms with van der Waals surface area (Å²) >= 11 is 0. The van der Waals surface area contributed by atoms with Crippen LogP contribution >= 0.6 is 0 Å². The minimum Gasteiger partial charge on any atom is -0.359 e. The molecule has 1 heterocycles. The van der Waals surface area contributed by atoms with Crippen LogP contribution in [0.2, 0.25) is 0 Å². The lowest BCUT2D eigenvalue weighted by Gasteiger charge is -2.28. The molecule has 0 aliphatic carbocycles. The van der Waals surface area contributed by atoms with Crippen LogP contribution in [-0.4, -0.2) is 35.4 Å². The first-order valence-corrected chi connectivity index (χ1v) is 4.92. The lowest BCUT2D eigenvalue weighted by Crippen LogP contribution is -2.37. The molecule has 0 saturated heterocycles. The predicted molar refractivity (Wildman–Crippen MR) is 63.0 cm³/mol. The normalized spacial score (nSPS) is 13.7. The van der Waals surface area contributed by atoms with Crippen LogP contribution < -0.4 is 5.32 Å². The molecule has 0 amide bonds. The highest BCUT2D eigenvalue weighted by atomic mass is 15.2. The zero-order valence-electron chi connectivity index (χ0n) is 9.49. The average Bonchev–Trinajstić information content (AvgIpc) is 2.77. The molecule has 1 rings (SSSR count). The Kier molecular flexibility index (Phi) is 4.12. The van der Waals surface area contributed by atoms with Crippen LogP contribution in [0.15, 0.2) is 31.1 Å². The van der Waals surface area contributed by atoms with Crippen LogP contribution in [0.4, 0.5) is 0 Å². The summed E-state index contributed by atoms with van der Waals surface area (Å²) in [7, 11) is 3.96. The van der Waals surface area contributed by atoms with Crippen molar-refractivity contribution in [1.29, 1.82) is 0 Å². The van der Waals surface area contributed by atoms with Gasteiger partial charge < -0.3 is 10.2 Å². The van der Waals surface area contributed by atoms with Gasteiger partial charge in [-0.05, 0) is 20.0 Å². The van der Waals surface area contributed by atoms with Crippen molar-refractivity contribution in [2.75, 3.05) is 14.1 Å². The van der Waals surface area contributed by atoms with E-state index in [1.54, 1.807) is 12.3 Å². The Bertz CT molecular complexity index is 326. The topological polar surface area (TPSA) is 44.0 Å². The van der Waals surface area contributed by atoms with Crippen LogP contribution in [0.5, 0.6) is 0 Å². The van der Waals surface area contributed by atoms with Crippen LogP contribution in [0, 0.1) is 0 Å². The Hall–Kier alpha value is -1.55. The fourth-order valence-corrected chi connectivity index (χ4v) is 1.32. The maximum Gasteiger partial charge on any atom is 0.0761 e. The second-order valence-corrected chi connectivity index (χ2v) is 3.35. The number of rotatable bonds is 5. The van der Waals surface area contributed by atoms with Crippen molar-refractivity contribution >= 4 is 5.70 Å². The third kappa shape index (κ3) is 2.70. The molecule has 0 fully saturated rings. The number of nitrogens with one attached hydrogen (secondary N) is 2. The molecular formula is C11H18N4. The summed E-state index contributed by atoms with van der Waals surface area (Å²) < 4.78 is 0. The van der Waals surface area contributed by atoms with Crippen molar-refractivity contribution < 1.29 is 0 Å². The average molecular weight is 206 g/mol. The summed E-state index contributed by atoms with van der Waals surface area (Å²) in [5.74, 6) is 0. The van der Waals surface area contributed by atoms with Gasteiger partial charge in [0, 0.05) is 24.5 Å². The zero-order valence-corrected chi connectivity index (χ0v) is 9.49. The van der Waals surface area contributed by atoms with Crippen molar-refractivity contribution in [3.8, 4) is 0 Å². The maximum absolute atomic E-state index is 3.95. The molecular weight excluding hydrogens is 188 g/mol. The molecule has 15 heavy (non-hydrogen) atoms. The summed E-state index contributed by atoms with van der Waals surface area (Å²) in [6, 6.07) is 0. The van der Waals surface area contributed by atoms with Crippen LogP contribution in [-0.2, 0) is 0 Å². The fraction of sp³-hybridized carbons (Fsp3) is 0.364. The zero-order chi connectivity index (χ0) is 11.3. The molecule has 82 valence electrons. The lowest BCUT2D eigenvalue weighted by atomic mass is 10.2. The van der Waals surface area contributed by atoms with Gasteiger partial charge in [0.2, 0.25) is 0 Å². The summed E-state index contributed by atoms with van der Waals surface area (Å²) in [5, 5.41) is 9.94. The number of nitrogens with zero attached hydrogens (tertiary/aromatic N) is 2. The van der Waals surface area contributed by atoms with Crippen molar-refractivity contribution in [2.24, 2.45) is 0 Å². The van der Waals surface area contributed by atoms with Crippen molar-refractivity contribution in [3.05, 3.63) is 36.7 Å². The predicted octanol–water partition coefficient (Wildman–Crippen LogP) is 1.43. The number of H-pyrrole nitrogens is 1. The van der Waals surface area contributed by atoms with Crippen LogP contribution in [0.25, 0.3) is 5.70 Å². The smallest absolute Gasteiger partial charge is 0.0761 e.